The molecule has 2 aliphatic rings. The number of allylic oxidation sites excluding steroid dienone is 3. The molecule has 1 unspecified atom stereocenters. The summed E-state index contributed by atoms with van der Waals surface area (Å²) in [6.07, 6.45) is 6.30. The van der Waals surface area contributed by atoms with E-state index in [9.17, 15) is 0 Å². The van der Waals surface area contributed by atoms with Gasteiger partial charge >= 0.3 is 0 Å². The molecule has 3 heteroatoms. The molecule has 0 fully saturated rings. The minimum absolute atomic E-state index is 0.494. The van der Waals surface area contributed by atoms with Gasteiger partial charge in [-0.05, 0) is 48.6 Å². The SMILES string of the molecule is Cc1ccc(Br)cc1CC1C=CC2=C(C1)OCCO2. The van der Waals surface area contributed by atoms with Crippen molar-refractivity contribution in [3.63, 3.8) is 0 Å². The monoisotopic (exact) mass is 320 g/mol. The summed E-state index contributed by atoms with van der Waals surface area (Å²) in [4.78, 5) is 0. The molecule has 1 heterocycles. The van der Waals surface area contributed by atoms with Crippen LogP contribution in [0, 0.1) is 12.8 Å². The van der Waals surface area contributed by atoms with Gasteiger partial charge in [0.25, 0.3) is 0 Å². The van der Waals surface area contributed by atoms with E-state index in [1.807, 2.05) is 0 Å². The molecule has 1 atom stereocenters. The van der Waals surface area contributed by atoms with E-state index in [2.05, 4.69) is 53.2 Å². The fourth-order valence-corrected chi connectivity index (χ4v) is 2.99. The lowest BCUT2D eigenvalue weighted by molar-refractivity contribution is 0.0593. The maximum absolute atomic E-state index is 5.70. The molecular weight excluding hydrogens is 304 g/mol. The molecule has 1 aromatic carbocycles. The van der Waals surface area contributed by atoms with Crippen molar-refractivity contribution in [3.8, 4) is 0 Å². The summed E-state index contributed by atoms with van der Waals surface area (Å²) in [5.74, 6) is 2.44. The molecule has 0 spiro atoms. The first-order valence-electron chi connectivity index (χ1n) is 6.64. The molecule has 19 heavy (non-hydrogen) atoms. The van der Waals surface area contributed by atoms with Crippen LogP contribution in [0.3, 0.4) is 0 Å². The smallest absolute Gasteiger partial charge is 0.156 e. The van der Waals surface area contributed by atoms with Crippen molar-refractivity contribution in [1.82, 2.24) is 0 Å². The summed E-state index contributed by atoms with van der Waals surface area (Å²) in [6, 6.07) is 6.47. The van der Waals surface area contributed by atoms with Crippen LogP contribution in [-0.4, -0.2) is 13.2 Å². The molecule has 0 amide bonds. The Morgan fingerprint density at radius 3 is 3.00 bits per heavy atom. The van der Waals surface area contributed by atoms with Gasteiger partial charge in [0, 0.05) is 10.9 Å². The van der Waals surface area contributed by atoms with Crippen LogP contribution in [-0.2, 0) is 15.9 Å². The van der Waals surface area contributed by atoms with Crippen molar-refractivity contribution in [2.75, 3.05) is 13.2 Å². The van der Waals surface area contributed by atoms with Crippen LogP contribution in [0.4, 0.5) is 0 Å². The van der Waals surface area contributed by atoms with Crippen molar-refractivity contribution in [1.29, 1.82) is 0 Å². The highest BCUT2D eigenvalue weighted by Gasteiger charge is 2.22. The molecule has 0 bridgehead atoms. The molecule has 3 rings (SSSR count). The average Bonchev–Trinajstić information content (AvgIpc) is 2.43. The first kappa shape index (κ1) is 12.8. The van der Waals surface area contributed by atoms with Gasteiger partial charge in [-0.2, -0.15) is 0 Å². The molecule has 1 aliphatic carbocycles. The van der Waals surface area contributed by atoms with Gasteiger partial charge in [-0.3, -0.25) is 0 Å². The molecule has 0 saturated carbocycles. The quantitative estimate of drug-likeness (QED) is 0.815. The zero-order valence-corrected chi connectivity index (χ0v) is 12.6. The van der Waals surface area contributed by atoms with Gasteiger partial charge in [0.1, 0.15) is 19.0 Å². The Balaban J connectivity index is 1.74. The van der Waals surface area contributed by atoms with Crippen LogP contribution >= 0.6 is 15.9 Å². The molecule has 0 aromatic heterocycles. The highest BCUT2D eigenvalue weighted by atomic mass is 79.9. The predicted octanol–water partition coefficient (Wildman–Crippen LogP) is 4.13. The second-order valence-corrected chi connectivity index (χ2v) is 6.00. The van der Waals surface area contributed by atoms with Crippen LogP contribution in [0.25, 0.3) is 0 Å². The molecule has 0 saturated heterocycles. The van der Waals surface area contributed by atoms with Gasteiger partial charge in [-0.15, -0.1) is 0 Å². The first-order valence-corrected chi connectivity index (χ1v) is 7.43. The average molecular weight is 321 g/mol. The molecular formula is C16H17BrO2. The largest absolute Gasteiger partial charge is 0.490 e. The zero-order valence-electron chi connectivity index (χ0n) is 11.0. The Morgan fingerprint density at radius 2 is 2.11 bits per heavy atom. The fourth-order valence-electron chi connectivity index (χ4n) is 2.58. The minimum atomic E-state index is 0.494. The van der Waals surface area contributed by atoms with E-state index in [0.29, 0.717) is 19.1 Å². The second-order valence-electron chi connectivity index (χ2n) is 5.08. The minimum Gasteiger partial charge on any atom is -0.490 e. The topological polar surface area (TPSA) is 18.5 Å². The molecule has 0 N–H and O–H groups in total. The van der Waals surface area contributed by atoms with E-state index < -0.39 is 0 Å². The first-order chi connectivity index (χ1) is 9.22. The zero-order chi connectivity index (χ0) is 13.2. The molecule has 1 aliphatic heterocycles. The van der Waals surface area contributed by atoms with Gasteiger partial charge in [-0.1, -0.05) is 28.1 Å². The summed E-state index contributed by atoms with van der Waals surface area (Å²) < 4.78 is 12.4. The van der Waals surface area contributed by atoms with Crippen LogP contribution in [0.1, 0.15) is 17.5 Å². The summed E-state index contributed by atoms with van der Waals surface area (Å²) in [5, 5.41) is 0. The summed E-state index contributed by atoms with van der Waals surface area (Å²) in [6.45, 7) is 3.51. The normalized spacial score (nSPS) is 21.7. The third-order valence-electron chi connectivity index (χ3n) is 3.65. The van der Waals surface area contributed by atoms with Crippen molar-refractivity contribution < 1.29 is 9.47 Å². The Kier molecular flexibility index (Phi) is 3.65. The van der Waals surface area contributed by atoms with Crippen LogP contribution < -0.4 is 0 Å². The highest BCUT2D eigenvalue weighted by molar-refractivity contribution is 9.10. The van der Waals surface area contributed by atoms with Crippen molar-refractivity contribution in [3.05, 3.63) is 57.5 Å². The lowest BCUT2D eigenvalue weighted by atomic mass is 9.90. The van der Waals surface area contributed by atoms with Gasteiger partial charge in [0.05, 0.1) is 0 Å². The van der Waals surface area contributed by atoms with E-state index in [4.69, 9.17) is 9.47 Å². The third-order valence-corrected chi connectivity index (χ3v) is 4.15. The van der Waals surface area contributed by atoms with E-state index >= 15 is 0 Å². The lowest BCUT2D eigenvalue weighted by Gasteiger charge is -2.26. The van der Waals surface area contributed by atoms with E-state index in [-0.39, 0.29) is 0 Å². The Morgan fingerprint density at radius 1 is 1.26 bits per heavy atom. The lowest BCUT2D eigenvalue weighted by Crippen LogP contribution is -2.18. The van der Waals surface area contributed by atoms with Crippen molar-refractivity contribution in [2.45, 2.75) is 19.8 Å². The molecule has 0 radical (unpaired) electrons. The maximum atomic E-state index is 5.70. The Labute approximate surface area is 122 Å². The Hall–Kier alpha value is -1.22. The number of benzene rings is 1. The van der Waals surface area contributed by atoms with E-state index in [1.165, 1.54) is 11.1 Å². The van der Waals surface area contributed by atoms with Crippen molar-refractivity contribution >= 4 is 15.9 Å². The number of hydrogen-bond acceptors (Lipinski definition) is 2. The van der Waals surface area contributed by atoms with E-state index in [1.54, 1.807) is 0 Å². The second kappa shape index (κ2) is 5.41. The maximum Gasteiger partial charge on any atom is 0.156 e. The van der Waals surface area contributed by atoms with E-state index in [0.717, 1.165) is 28.8 Å². The molecule has 100 valence electrons. The van der Waals surface area contributed by atoms with Gasteiger partial charge in [-0.25, -0.2) is 0 Å². The van der Waals surface area contributed by atoms with Crippen molar-refractivity contribution in [2.24, 2.45) is 5.92 Å². The van der Waals surface area contributed by atoms with Gasteiger partial charge in [0.2, 0.25) is 0 Å². The van der Waals surface area contributed by atoms with Crippen LogP contribution in [0.2, 0.25) is 0 Å². The number of halogens is 1. The highest BCUT2D eigenvalue weighted by Crippen LogP contribution is 2.30. The summed E-state index contributed by atoms with van der Waals surface area (Å²) in [7, 11) is 0. The predicted molar refractivity (Wildman–Crippen MR) is 78.8 cm³/mol. The number of rotatable bonds is 2. The number of hydrogen-bond donors (Lipinski definition) is 0. The standard InChI is InChI=1S/C16H17BrO2/c1-11-2-4-14(17)10-13(11)8-12-3-5-15-16(9-12)19-7-6-18-15/h2-5,10,12H,6-9H2,1H3. The van der Waals surface area contributed by atoms with Gasteiger partial charge < -0.3 is 9.47 Å². The Bertz CT molecular complexity index is 546. The summed E-state index contributed by atoms with van der Waals surface area (Å²) >= 11 is 3.54. The number of ether oxygens (including phenoxy) is 2. The fraction of sp³-hybridized carbons (Fsp3) is 0.375. The molecule has 2 nitrogen and oxygen atoms in total. The third kappa shape index (κ3) is 2.86. The van der Waals surface area contributed by atoms with Gasteiger partial charge in [0.15, 0.2) is 5.76 Å². The van der Waals surface area contributed by atoms with Crippen LogP contribution in [0.15, 0.2) is 46.3 Å². The van der Waals surface area contributed by atoms with Crippen LogP contribution in [0.5, 0.6) is 0 Å². The molecule has 1 aromatic rings. The summed E-state index contributed by atoms with van der Waals surface area (Å²) in [5.41, 5.74) is 2.74. The number of aryl methyl sites for hydroxylation is 1.